The summed E-state index contributed by atoms with van der Waals surface area (Å²) in [6.07, 6.45) is 4.56. The largest absolute Gasteiger partial charge is 0.475 e. The molecular weight excluding hydrogens is 262 g/mol. The van der Waals surface area contributed by atoms with E-state index in [9.17, 15) is 5.11 Å². The van der Waals surface area contributed by atoms with Crippen molar-refractivity contribution in [2.45, 2.75) is 37.8 Å². The zero-order valence-corrected chi connectivity index (χ0v) is 11.7. The van der Waals surface area contributed by atoms with E-state index < -0.39 is 0 Å². The lowest BCUT2D eigenvalue weighted by molar-refractivity contribution is 0.144. The number of aliphatic hydroxyl groups is 1. The van der Waals surface area contributed by atoms with Gasteiger partial charge in [-0.1, -0.05) is 0 Å². The van der Waals surface area contributed by atoms with Gasteiger partial charge in [-0.3, -0.25) is 4.90 Å². The van der Waals surface area contributed by atoms with Crippen molar-refractivity contribution in [1.29, 1.82) is 0 Å². The molecule has 2 aliphatic heterocycles. The molecule has 104 valence electrons. The van der Waals surface area contributed by atoms with Crippen molar-refractivity contribution in [2.75, 3.05) is 19.7 Å². The van der Waals surface area contributed by atoms with Gasteiger partial charge in [0.15, 0.2) is 0 Å². The molecule has 4 atom stereocenters. The van der Waals surface area contributed by atoms with Crippen LogP contribution in [0, 0.1) is 11.8 Å². The lowest BCUT2D eigenvalue weighted by Crippen LogP contribution is -2.31. The number of piperidine rings is 1. The van der Waals surface area contributed by atoms with Crippen molar-refractivity contribution < 1.29 is 9.84 Å². The van der Waals surface area contributed by atoms with Crippen LogP contribution in [0.3, 0.4) is 0 Å². The molecule has 4 rings (SSSR count). The van der Waals surface area contributed by atoms with Crippen molar-refractivity contribution in [3.63, 3.8) is 0 Å². The summed E-state index contributed by atoms with van der Waals surface area (Å²) in [5.41, 5.74) is 0.998. The quantitative estimate of drug-likeness (QED) is 0.905. The van der Waals surface area contributed by atoms with Crippen molar-refractivity contribution in [1.82, 2.24) is 13.6 Å². The molecule has 6 heteroatoms. The number of aromatic nitrogens is 2. The monoisotopic (exact) mass is 281 g/mol. The molecule has 2 bridgehead atoms. The second-order valence-electron chi connectivity index (χ2n) is 6.08. The van der Waals surface area contributed by atoms with E-state index in [1.165, 1.54) is 24.6 Å². The van der Waals surface area contributed by atoms with Crippen LogP contribution in [0.2, 0.25) is 0 Å². The van der Waals surface area contributed by atoms with Gasteiger partial charge in [0.25, 0.3) is 5.88 Å². The molecule has 19 heavy (non-hydrogen) atoms. The van der Waals surface area contributed by atoms with Gasteiger partial charge in [-0.15, -0.1) is 4.37 Å². The number of nitrogens with zero attached hydrogens (tertiary/aromatic N) is 3. The summed E-state index contributed by atoms with van der Waals surface area (Å²) in [5, 5.41) is 9.96. The van der Waals surface area contributed by atoms with E-state index in [0.717, 1.165) is 50.0 Å². The fraction of sp³-hybridized carbons (Fsp3) is 0.846. The Kier molecular flexibility index (Phi) is 2.97. The predicted octanol–water partition coefficient (Wildman–Crippen LogP) is 1.45. The first kappa shape index (κ1) is 12.1. The molecule has 5 nitrogen and oxygen atoms in total. The van der Waals surface area contributed by atoms with E-state index in [1.54, 1.807) is 0 Å². The highest BCUT2D eigenvalue weighted by atomic mass is 32.1. The van der Waals surface area contributed by atoms with Gasteiger partial charge in [0.2, 0.25) is 0 Å². The van der Waals surface area contributed by atoms with Crippen molar-refractivity contribution in [2.24, 2.45) is 11.8 Å². The van der Waals surface area contributed by atoms with E-state index in [1.807, 2.05) is 0 Å². The highest BCUT2D eigenvalue weighted by Gasteiger charge is 2.42. The number of aliphatic hydroxyl groups excluding tert-OH is 1. The molecule has 1 saturated carbocycles. The average molecular weight is 281 g/mol. The Balaban J connectivity index is 1.50. The van der Waals surface area contributed by atoms with Crippen LogP contribution < -0.4 is 4.74 Å². The van der Waals surface area contributed by atoms with Crippen LogP contribution in [-0.4, -0.2) is 44.6 Å². The van der Waals surface area contributed by atoms with Gasteiger partial charge in [-0.25, -0.2) is 0 Å². The Morgan fingerprint density at radius 3 is 2.95 bits per heavy atom. The molecule has 1 aliphatic carbocycles. The Bertz CT molecular complexity index is 460. The van der Waals surface area contributed by atoms with Gasteiger partial charge >= 0.3 is 0 Å². The van der Waals surface area contributed by atoms with Gasteiger partial charge in [-0.05, 0) is 37.5 Å². The summed E-state index contributed by atoms with van der Waals surface area (Å²) in [5.74, 6) is 1.93. The Morgan fingerprint density at radius 2 is 2.11 bits per heavy atom. The third-order valence-corrected chi connectivity index (χ3v) is 5.16. The maximum absolute atomic E-state index is 9.96. The minimum absolute atomic E-state index is 0.160. The number of ether oxygens (including phenoxy) is 1. The fourth-order valence-electron chi connectivity index (χ4n) is 3.26. The molecule has 2 saturated heterocycles. The number of hydrogen-bond acceptors (Lipinski definition) is 6. The molecule has 1 aromatic rings. The molecule has 4 unspecified atom stereocenters. The lowest BCUT2D eigenvalue weighted by Gasteiger charge is -2.30. The number of rotatable bonds is 4. The van der Waals surface area contributed by atoms with Gasteiger partial charge in [0, 0.05) is 13.1 Å². The minimum Gasteiger partial charge on any atom is -0.475 e. The third kappa shape index (κ3) is 2.26. The van der Waals surface area contributed by atoms with E-state index in [-0.39, 0.29) is 6.10 Å². The molecule has 1 N–H and O–H groups in total. The van der Waals surface area contributed by atoms with Crippen molar-refractivity contribution in [3.8, 4) is 5.88 Å². The summed E-state index contributed by atoms with van der Waals surface area (Å²) in [6, 6.07) is 0.293. The minimum atomic E-state index is -0.160. The highest BCUT2D eigenvalue weighted by molar-refractivity contribution is 6.99. The first-order chi connectivity index (χ1) is 9.31. The van der Waals surface area contributed by atoms with Crippen LogP contribution in [0.25, 0.3) is 0 Å². The Morgan fingerprint density at radius 1 is 1.21 bits per heavy atom. The molecule has 0 aromatic carbocycles. The molecule has 3 heterocycles. The average Bonchev–Trinajstić information content (AvgIpc) is 3.06. The molecule has 0 spiro atoms. The maximum atomic E-state index is 9.96. The van der Waals surface area contributed by atoms with Crippen LogP contribution in [-0.2, 0) is 0 Å². The molecule has 3 aliphatic rings. The molecular formula is C13H19N3O2S. The summed E-state index contributed by atoms with van der Waals surface area (Å²) < 4.78 is 14.6. The van der Waals surface area contributed by atoms with Gasteiger partial charge in [0.1, 0.15) is 5.69 Å². The number of hydrogen-bond donors (Lipinski definition) is 1. The second kappa shape index (κ2) is 4.68. The zero-order valence-electron chi connectivity index (χ0n) is 10.9. The predicted molar refractivity (Wildman–Crippen MR) is 71.2 cm³/mol. The van der Waals surface area contributed by atoms with Gasteiger partial charge in [-0.2, -0.15) is 4.37 Å². The summed E-state index contributed by atoms with van der Waals surface area (Å²) in [7, 11) is 0. The summed E-state index contributed by atoms with van der Waals surface area (Å²) in [4.78, 5) is 2.35. The van der Waals surface area contributed by atoms with E-state index in [2.05, 4.69) is 13.6 Å². The van der Waals surface area contributed by atoms with Crippen molar-refractivity contribution >= 4 is 11.7 Å². The van der Waals surface area contributed by atoms with E-state index >= 15 is 0 Å². The molecule has 0 radical (unpaired) electrons. The normalized spacial score (nSPS) is 37.5. The first-order valence-corrected chi connectivity index (χ1v) is 7.91. The molecule has 0 amide bonds. The maximum Gasteiger partial charge on any atom is 0.250 e. The number of fused-ring (bicyclic) bond motifs is 2. The van der Waals surface area contributed by atoms with Crippen LogP contribution in [0.1, 0.15) is 37.4 Å². The summed E-state index contributed by atoms with van der Waals surface area (Å²) in [6.45, 7) is 2.55. The summed E-state index contributed by atoms with van der Waals surface area (Å²) >= 11 is 1.24. The zero-order chi connectivity index (χ0) is 12.8. The first-order valence-electron chi connectivity index (χ1n) is 7.18. The topological polar surface area (TPSA) is 58.5 Å². The molecule has 3 fully saturated rings. The van der Waals surface area contributed by atoms with Gasteiger partial charge < -0.3 is 9.84 Å². The van der Waals surface area contributed by atoms with E-state index in [0.29, 0.717) is 12.0 Å². The smallest absolute Gasteiger partial charge is 0.250 e. The standard InChI is InChI=1S/C13H19N3O2S/c17-11-6-16-5-9(11)3-4-10(16)12-13(15-19-14-12)18-7-8-1-2-8/h8-11,17H,1-7H2. The third-order valence-electron chi connectivity index (χ3n) is 4.64. The van der Waals surface area contributed by atoms with Crippen LogP contribution >= 0.6 is 11.7 Å². The van der Waals surface area contributed by atoms with Crippen LogP contribution in [0.5, 0.6) is 5.88 Å². The van der Waals surface area contributed by atoms with Crippen LogP contribution in [0.15, 0.2) is 0 Å². The molecule has 1 aromatic heterocycles. The van der Waals surface area contributed by atoms with Crippen molar-refractivity contribution in [3.05, 3.63) is 5.69 Å². The Hall–Kier alpha value is -0.720. The second-order valence-corrected chi connectivity index (χ2v) is 6.61. The van der Waals surface area contributed by atoms with E-state index in [4.69, 9.17) is 4.74 Å². The fourth-order valence-corrected chi connectivity index (χ4v) is 3.81. The van der Waals surface area contributed by atoms with Crippen LogP contribution in [0.4, 0.5) is 0 Å². The SMILES string of the molecule is OC1CN2CC1CCC2c1nsnc1OCC1CC1. The highest BCUT2D eigenvalue weighted by Crippen LogP contribution is 2.41. The van der Waals surface area contributed by atoms with Gasteiger partial charge in [0.05, 0.1) is 30.5 Å². The Labute approximate surface area is 116 Å². The lowest BCUT2D eigenvalue weighted by atomic mass is 9.93.